The van der Waals surface area contributed by atoms with Crippen LogP contribution in [0.1, 0.15) is 35.2 Å². The van der Waals surface area contributed by atoms with Crippen LogP contribution in [0.2, 0.25) is 0 Å². The van der Waals surface area contributed by atoms with Crippen molar-refractivity contribution < 1.29 is 41.7 Å². The highest BCUT2D eigenvalue weighted by Crippen LogP contribution is 2.43. The molecule has 0 bridgehead atoms. The van der Waals surface area contributed by atoms with Gasteiger partial charge in [-0.05, 0) is 49.7 Å². The molecule has 1 aromatic heterocycles. The lowest BCUT2D eigenvalue weighted by molar-refractivity contribution is -0.120. The number of carbonyl (C=O) groups excluding carboxylic acids is 2. The summed E-state index contributed by atoms with van der Waals surface area (Å²) in [5.74, 6) is -4.39. The largest absolute Gasteiger partial charge is 0.497 e. The second-order valence-electron chi connectivity index (χ2n) is 10.4. The Morgan fingerprint density at radius 2 is 1.77 bits per heavy atom. The molecule has 5 rings (SSSR count). The third-order valence-electron chi connectivity index (χ3n) is 7.81. The predicted octanol–water partition coefficient (Wildman–Crippen LogP) is 4.11. The number of nitrogens with zero attached hydrogens (tertiary/aromatic N) is 3. The van der Waals surface area contributed by atoms with Crippen molar-refractivity contribution in [2.24, 2.45) is 5.92 Å². The Bertz CT molecular complexity index is 1470. The first kappa shape index (κ1) is 30.1. The van der Waals surface area contributed by atoms with Gasteiger partial charge in [0.1, 0.15) is 34.8 Å². The molecular formula is C30H30F4N4O5. The molecule has 2 aliphatic rings. The fourth-order valence-electron chi connectivity index (χ4n) is 5.77. The van der Waals surface area contributed by atoms with Crippen molar-refractivity contribution in [2.75, 3.05) is 36.5 Å². The molecule has 4 atom stereocenters. The average molecular weight is 603 g/mol. The third kappa shape index (κ3) is 6.21. The molecule has 3 heterocycles. The smallest absolute Gasteiger partial charge is 0.387 e. The maximum atomic E-state index is 15.4. The topological polar surface area (TPSA) is 104 Å². The molecular weight excluding hydrogens is 572 g/mol. The number of aliphatic hydroxyl groups is 1. The standard InChI is InChI=1S/C30H30F4N4O5/c1-16-26(27-22(31)12-20(42-2)13-23(27)32)21(14-35-28(40)17-6-8-19(9-7-17)43-30(33)34)29(41)38(16)25-5-3-4-24(36-25)37-11-10-18(39)15-37/h3-9,12-13,16,18,21,26,30,39H,10-11,14-15H2,1-2H3,(H,35,40)/t16-,18-,21?,26+/m0/s1. The van der Waals surface area contributed by atoms with Crippen LogP contribution in [0.25, 0.3) is 0 Å². The number of methoxy groups -OCH3 is 1. The summed E-state index contributed by atoms with van der Waals surface area (Å²) in [5, 5.41) is 12.6. The lowest BCUT2D eigenvalue weighted by Crippen LogP contribution is -2.36. The summed E-state index contributed by atoms with van der Waals surface area (Å²) in [7, 11) is 1.28. The molecule has 9 nitrogen and oxygen atoms in total. The number of β-amino-alcohol motifs (C(OH)–C–C–N with tert-alkyl or cyclic N) is 1. The number of amides is 2. The van der Waals surface area contributed by atoms with Crippen LogP contribution in [-0.4, -0.2) is 67.4 Å². The fourth-order valence-corrected chi connectivity index (χ4v) is 5.77. The molecule has 228 valence electrons. The van der Waals surface area contributed by atoms with Crippen LogP contribution in [0.15, 0.2) is 54.6 Å². The zero-order chi connectivity index (χ0) is 30.8. The lowest BCUT2D eigenvalue weighted by Gasteiger charge is -2.26. The van der Waals surface area contributed by atoms with Gasteiger partial charge in [0.25, 0.3) is 5.91 Å². The van der Waals surface area contributed by atoms with Crippen LogP contribution in [-0.2, 0) is 4.79 Å². The van der Waals surface area contributed by atoms with E-state index in [0.29, 0.717) is 25.3 Å². The minimum atomic E-state index is -3.02. The van der Waals surface area contributed by atoms with Gasteiger partial charge in [0, 0.05) is 54.9 Å². The zero-order valence-corrected chi connectivity index (χ0v) is 23.3. The van der Waals surface area contributed by atoms with Crippen molar-refractivity contribution in [3.63, 3.8) is 0 Å². The number of hydrogen-bond acceptors (Lipinski definition) is 7. The van der Waals surface area contributed by atoms with Gasteiger partial charge in [-0.15, -0.1) is 0 Å². The summed E-state index contributed by atoms with van der Waals surface area (Å²) in [6, 6.07) is 11.3. The first-order valence-electron chi connectivity index (χ1n) is 13.7. The number of aliphatic hydroxyl groups excluding tert-OH is 1. The minimum Gasteiger partial charge on any atom is -0.497 e. The van der Waals surface area contributed by atoms with Gasteiger partial charge in [-0.1, -0.05) is 6.07 Å². The van der Waals surface area contributed by atoms with Gasteiger partial charge >= 0.3 is 6.61 Å². The summed E-state index contributed by atoms with van der Waals surface area (Å²) in [6.45, 7) is -0.680. The highest BCUT2D eigenvalue weighted by molar-refractivity contribution is 6.00. The van der Waals surface area contributed by atoms with E-state index in [1.807, 2.05) is 4.90 Å². The average Bonchev–Trinajstić information content (AvgIpc) is 3.51. The highest BCUT2D eigenvalue weighted by atomic mass is 19.3. The number of halogens is 4. The molecule has 43 heavy (non-hydrogen) atoms. The molecule has 0 radical (unpaired) electrons. The zero-order valence-electron chi connectivity index (χ0n) is 23.3. The molecule has 13 heteroatoms. The van der Waals surface area contributed by atoms with Crippen molar-refractivity contribution in [1.82, 2.24) is 10.3 Å². The van der Waals surface area contributed by atoms with E-state index in [2.05, 4.69) is 15.0 Å². The molecule has 2 saturated heterocycles. The van der Waals surface area contributed by atoms with E-state index < -0.39 is 54.0 Å². The van der Waals surface area contributed by atoms with Crippen LogP contribution in [0.3, 0.4) is 0 Å². The SMILES string of the molecule is COc1cc(F)c([C@H]2C(CNC(=O)c3ccc(OC(F)F)cc3)C(=O)N(c3cccc(N4CC[C@H](O)C4)n3)[C@H]2C)c(F)c1. The van der Waals surface area contributed by atoms with Gasteiger partial charge in [-0.3, -0.25) is 14.5 Å². The van der Waals surface area contributed by atoms with Crippen LogP contribution >= 0.6 is 0 Å². The van der Waals surface area contributed by atoms with Crippen LogP contribution < -0.4 is 24.6 Å². The Morgan fingerprint density at radius 3 is 2.37 bits per heavy atom. The first-order chi connectivity index (χ1) is 20.6. The lowest BCUT2D eigenvalue weighted by atomic mass is 9.83. The first-order valence-corrected chi connectivity index (χ1v) is 13.7. The van der Waals surface area contributed by atoms with Crippen LogP contribution in [0.4, 0.5) is 29.2 Å². The van der Waals surface area contributed by atoms with E-state index in [-0.39, 0.29) is 35.0 Å². The second-order valence-corrected chi connectivity index (χ2v) is 10.4. The number of hydrogen-bond donors (Lipinski definition) is 2. The Hall–Kier alpha value is -4.39. The van der Waals surface area contributed by atoms with Crippen LogP contribution in [0.5, 0.6) is 11.5 Å². The predicted molar refractivity (Wildman–Crippen MR) is 149 cm³/mol. The summed E-state index contributed by atoms with van der Waals surface area (Å²) < 4.78 is 65.0. The van der Waals surface area contributed by atoms with Gasteiger partial charge in [0.15, 0.2) is 0 Å². The van der Waals surface area contributed by atoms with Gasteiger partial charge in [-0.25, -0.2) is 13.8 Å². The number of carbonyl (C=O) groups is 2. The van der Waals surface area contributed by atoms with E-state index >= 15 is 8.78 Å². The van der Waals surface area contributed by atoms with E-state index in [0.717, 1.165) is 12.1 Å². The quantitative estimate of drug-likeness (QED) is 0.356. The number of aromatic nitrogens is 1. The Balaban J connectivity index is 1.45. The van der Waals surface area contributed by atoms with Crippen molar-refractivity contribution >= 4 is 23.5 Å². The molecule has 2 amide bonds. The van der Waals surface area contributed by atoms with Gasteiger partial charge in [0.2, 0.25) is 5.91 Å². The normalized spacial score (nSPS) is 21.9. The van der Waals surface area contributed by atoms with Gasteiger partial charge in [-0.2, -0.15) is 8.78 Å². The molecule has 1 unspecified atom stereocenters. The molecule has 2 fully saturated rings. The monoisotopic (exact) mass is 602 g/mol. The number of pyridine rings is 1. The summed E-state index contributed by atoms with van der Waals surface area (Å²) in [5.41, 5.74) is -0.215. The second kappa shape index (κ2) is 12.5. The van der Waals surface area contributed by atoms with E-state index in [9.17, 15) is 23.5 Å². The maximum absolute atomic E-state index is 15.4. The Morgan fingerprint density at radius 1 is 1.09 bits per heavy atom. The molecule has 0 aliphatic carbocycles. The van der Waals surface area contributed by atoms with Gasteiger partial charge < -0.3 is 24.8 Å². The molecule has 2 aromatic carbocycles. The third-order valence-corrected chi connectivity index (χ3v) is 7.81. The van der Waals surface area contributed by atoms with Crippen molar-refractivity contribution in [1.29, 1.82) is 0 Å². The summed E-state index contributed by atoms with van der Waals surface area (Å²) in [4.78, 5) is 34.8. The summed E-state index contributed by atoms with van der Waals surface area (Å²) in [6.07, 6.45) is 0.0801. The fraction of sp³-hybridized carbons (Fsp3) is 0.367. The minimum absolute atomic E-state index is 0.0288. The molecule has 2 aliphatic heterocycles. The van der Waals surface area contributed by atoms with E-state index in [4.69, 9.17) is 4.74 Å². The molecule has 3 aromatic rings. The van der Waals surface area contributed by atoms with Gasteiger partial charge in [0.05, 0.1) is 19.1 Å². The van der Waals surface area contributed by atoms with Crippen molar-refractivity contribution in [3.05, 3.63) is 77.4 Å². The highest BCUT2D eigenvalue weighted by Gasteiger charge is 2.49. The van der Waals surface area contributed by atoms with E-state index in [1.54, 1.807) is 25.1 Å². The van der Waals surface area contributed by atoms with Crippen molar-refractivity contribution in [2.45, 2.75) is 38.0 Å². The number of rotatable bonds is 9. The number of ether oxygens (including phenoxy) is 2. The molecule has 0 spiro atoms. The van der Waals surface area contributed by atoms with E-state index in [1.165, 1.54) is 36.3 Å². The number of benzene rings is 2. The Labute approximate surface area is 245 Å². The summed E-state index contributed by atoms with van der Waals surface area (Å²) >= 11 is 0. The number of alkyl halides is 2. The van der Waals surface area contributed by atoms with Crippen LogP contribution in [0, 0.1) is 17.6 Å². The molecule has 2 N–H and O–H groups in total. The number of nitrogens with one attached hydrogen (secondary N) is 1. The number of anilines is 2. The maximum Gasteiger partial charge on any atom is 0.387 e. The van der Waals surface area contributed by atoms with Crippen molar-refractivity contribution in [3.8, 4) is 11.5 Å². The molecule has 0 saturated carbocycles. The Kier molecular flexibility index (Phi) is 8.71.